The van der Waals surface area contributed by atoms with Crippen LogP contribution in [0.5, 0.6) is 0 Å². The third kappa shape index (κ3) is 1.01. The SMILES string of the molecule is C1COC(C2CCOC2)=N1. The fourth-order valence-electron chi connectivity index (χ4n) is 1.33. The highest BCUT2D eigenvalue weighted by molar-refractivity contribution is 5.80. The number of hydrogen-bond acceptors (Lipinski definition) is 3. The van der Waals surface area contributed by atoms with E-state index >= 15 is 0 Å². The molecule has 2 aliphatic heterocycles. The van der Waals surface area contributed by atoms with Gasteiger partial charge in [-0.3, -0.25) is 4.99 Å². The van der Waals surface area contributed by atoms with Gasteiger partial charge >= 0.3 is 0 Å². The van der Waals surface area contributed by atoms with Crippen LogP contribution in [0.3, 0.4) is 0 Å². The van der Waals surface area contributed by atoms with Gasteiger partial charge in [-0.2, -0.15) is 0 Å². The van der Waals surface area contributed by atoms with E-state index in [-0.39, 0.29) is 0 Å². The van der Waals surface area contributed by atoms with E-state index in [1.807, 2.05) is 0 Å². The molecule has 0 radical (unpaired) electrons. The number of rotatable bonds is 1. The van der Waals surface area contributed by atoms with Crippen molar-refractivity contribution in [2.45, 2.75) is 6.42 Å². The fraction of sp³-hybridized carbons (Fsp3) is 0.857. The molecule has 0 aromatic heterocycles. The first kappa shape index (κ1) is 6.16. The standard InChI is InChI=1S/C7H11NO2/c1-3-9-5-6(1)7-8-2-4-10-7/h6H,1-5H2. The van der Waals surface area contributed by atoms with E-state index in [0.29, 0.717) is 5.92 Å². The van der Waals surface area contributed by atoms with Crippen LogP contribution < -0.4 is 0 Å². The van der Waals surface area contributed by atoms with Gasteiger partial charge in [0.25, 0.3) is 0 Å². The molecule has 0 N–H and O–H groups in total. The van der Waals surface area contributed by atoms with Crippen LogP contribution in [0, 0.1) is 5.92 Å². The molecule has 1 unspecified atom stereocenters. The molecule has 2 rings (SSSR count). The van der Waals surface area contributed by atoms with Gasteiger partial charge in [-0.05, 0) is 6.42 Å². The van der Waals surface area contributed by atoms with E-state index < -0.39 is 0 Å². The van der Waals surface area contributed by atoms with Gasteiger partial charge in [-0.25, -0.2) is 0 Å². The van der Waals surface area contributed by atoms with Crippen LogP contribution in [0.2, 0.25) is 0 Å². The molecule has 1 saturated heterocycles. The first-order valence-corrected chi connectivity index (χ1v) is 3.72. The molecule has 3 nitrogen and oxygen atoms in total. The van der Waals surface area contributed by atoms with E-state index in [9.17, 15) is 0 Å². The Bertz CT molecular complexity index is 150. The lowest BCUT2D eigenvalue weighted by Crippen LogP contribution is -2.14. The maximum Gasteiger partial charge on any atom is 0.189 e. The van der Waals surface area contributed by atoms with Crippen LogP contribution in [0.15, 0.2) is 4.99 Å². The molecule has 0 aliphatic carbocycles. The Labute approximate surface area is 60.0 Å². The van der Waals surface area contributed by atoms with Crippen molar-refractivity contribution in [3.63, 3.8) is 0 Å². The molecule has 0 aromatic rings. The largest absolute Gasteiger partial charge is 0.479 e. The Morgan fingerprint density at radius 3 is 3.00 bits per heavy atom. The fourth-order valence-corrected chi connectivity index (χ4v) is 1.33. The third-order valence-electron chi connectivity index (χ3n) is 1.89. The Balaban J connectivity index is 1.97. The minimum Gasteiger partial charge on any atom is -0.479 e. The van der Waals surface area contributed by atoms with Gasteiger partial charge in [0.05, 0.1) is 19.1 Å². The lowest BCUT2D eigenvalue weighted by atomic mass is 10.1. The van der Waals surface area contributed by atoms with Gasteiger partial charge in [0.2, 0.25) is 0 Å². The minimum atomic E-state index is 0.461. The van der Waals surface area contributed by atoms with Crippen molar-refractivity contribution in [2.75, 3.05) is 26.4 Å². The van der Waals surface area contributed by atoms with Gasteiger partial charge in [-0.1, -0.05) is 0 Å². The van der Waals surface area contributed by atoms with Gasteiger partial charge < -0.3 is 9.47 Å². The van der Waals surface area contributed by atoms with Crippen molar-refractivity contribution >= 4 is 5.90 Å². The molecule has 0 amide bonds. The average molecular weight is 141 g/mol. The summed E-state index contributed by atoms with van der Waals surface area (Å²) in [5, 5.41) is 0. The van der Waals surface area contributed by atoms with Crippen LogP contribution in [0.4, 0.5) is 0 Å². The van der Waals surface area contributed by atoms with E-state index in [1.165, 1.54) is 0 Å². The number of ether oxygens (including phenoxy) is 2. The Morgan fingerprint density at radius 1 is 1.40 bits per heavy atom. The topological polar surface area (TPSA) is 30.8 Å². The predicted octanol–water partition coefficient (Wildman–Crippen LogP) is 0.452. The van der Waals surface area contributed by atoms with E-state index in [4.69, 9.17) is 9.47 Å². The monoisotopic (exact) mass is 141 g/mol. The van der Waals surface area contributed by atoms with Crippen molar-refractivity contribution < 1.29 is 9.47 Å². The summed E-state index contributed by atoms with van der Waals surface area (Å²) in [4.78, 5) is 4.23. The summed E-state index contributed by atoms with van der Waals surface area (Å²) < 4.78 is 10.5. The smallest absolute Gasteiger partial charge is 0.189 e. The first-order valence-electron chi connectivity index (χ1n) is 3.72. The zero-order valence-electron chi connectivity index (χ0n) is 5.88. The second-order valence-corrected chi connectivity index (χ2v) is 2.63. The Hall–Kier alpha value is -0.570. The molecule has 3 heteroatoms. The summed E-state index contributed by atoms with van der Waals surface area (Å²) in [6.45, 7) is 3.28. The maximum atomic E-state index is 5.31. The highest BCUT2D eigenvalue weighted by Gasteiger charge is 2.24. The highest BCUT2D eigenvalue weighted by atomic mass is 16.5. The van der Waals surface area contributed by atoms with Crippen LogP contribution in [0.1, 0.15) is 6.42 Å². The number of hydrogen-bond donors (Lipinski definition) is 0. The first-order chi connectivity index (χ1) is 4.97. The zero-order chi connectivity index (χ0) is 6.81. The Kier molecular flexibility index (Phi) is 1.59. The molecule has 56 valence electrons. The molecule has 2 heterocycles. The number of aliphatic imine (C=N–C) groups is 1. The average Bonchev–Trinajstić information content (AvgIpc) is 2.59. The Morgan fingerprint density at radius 2 is 2.40 bits per heavy atom. The van der Waals surface area contributed by atoms with Crippen molar-refractivity contribution in [3.8, 4) is 0 Å². The van der Waals surface area contributed by atoms with Crippen LogP contribution in [-0.4, -0.2) is 32.3 Å². The van der Waals surface area contributed by atoms with E-state index in [2.05, 4.69) is 4.99 Å². The molecular formula is C7H11NO2. The van der Waals surface area contributed by atoms with Gasteiger partial charge in [0, 0.05) is 6.61 Å². The van der Waals surface area contributed by atoms with Crippen molar-refractivity contribution in [1.82, 2.24) is 0 Å². The summed E-state index contributed by atoms with van der Waals surface area (Å²) >= 11 is 0. The second-order valence-electron chi connectivity index (χ2n) is 2.63. The molecular weight excluding hydrogens is 130 g/mol. The summed E-state index contributed by atoms with van der Waals surface area (Å²) in [6, 6.07) is 0. The zero-order valence-corrected chi connectivity index (χ0v) is 5.88. The molecule has 1 atom stereocenters. The maximum absolute atomic E-state index is 5.31. The normalized spacial score (nSPS) is 32.0. The van der Waals surface area contributed by atoms with Gasteiger partial charge in [0.1, 0.15) is 6.61 Å². The molecule has 0 saturated carbocycles. The quantitative estimate of drug-likeness (QED) is 0.531. The van der Waals surface area contributed by atoms with Crippen LogP contribution in [0.25, 0.3) is 0 Å². The lowest BCUT2D eigenvalue weighted by molar-refractivity contribution is 0.189. The molecule has 1 fully saturated rings. The molecule has 0 aromatic carbocycles. The summed E-state index contributed by atoms with van der Waals surface area (Å²) in [5.74, 6) is 1.39. The summed E-state index contributed by atoms with van der Waals surface area (Å²) in [6.07, 6.45) is 1.08. The molecule has 0 spiro atoms. The molecule has 0 bridgehead atoms. The van der Waals surface area contributed by atoms with Crippen molar-refractivity contribution in [2.24, 2.45) is 10.9 Å². The van der Waals surface area contributed by atoms with Crippen molar-refractivity contribution in [3.05, 3.63) is 0 Å². The van der Waals surface area contributed by atoms with E-state index in [0.717, 1.165) is 38.7 Å². The molecule has 2 aliphatic rings. The van der Waals surface area contributed by atoms with Crippen LogP contribution >= 0.6 is 0 Å². The summed E-state index contributed by atoms with van der Waals surface area (Å²) in [7, 11) is 0. The van der Waals surface area contributed by atoms with Crippen molar-refractivity contribution in [1.29, 1.82) is 0 Å². The van der Waals surface area contributed by atoms with Crippen LogP contribution in [-0.2, 0) is 9.47 Å². The second kappa shape index (κ2) is 2.58. The van der Waals surface area contributed by atoms with Gasteiger partial charge in [-0.15, -0.1) is 0 Å². The third-order valence-corrected chi connectivity index (χ3v) is 1.89. The number of nitrogens with zero attached hydrogens (tertiary/aromatic N) is 1. The van der Waals surface area contributed by atoms with E-state index in [1.54, 1.807) is 0 Å². The van der Waals surface area contributed by atoms with Gasteiger partial charge in [0.15, 0.2) is 5.90 Å². The highest BCUT2D eigenvalue weighted by Crippen LogP contribution is 2.16. The lowest BCUT2D eigenvalue weighted by Gasteiger charge is -2.05. The minimum absolute atomic E-state index is 0.461. The molecule has 10 heavy (non-hydrogen) atoms. The predicted molar refractivity (Wildman–Crippen MR) is 37.2 cm³/mol. The summed E-state index contributed by atoms with van der Waals surface area (Å²) in [5.41, 5.74) is 0.